The van der Waals surface area contributed by atoms with Crippen LogP contribution in [0.4, 0.5) is 11.4 Å². The number of aryl methyl sites for hydroxylation is 1. The molecule has 0 fully saturated rings. The third-order valence-electron chi connectivity index (χ3n) is 3.58. The van der Waals surface area contributed by atoms with Crippen LogP contribution in [-0.4, -0.2) is 24.3 Å². The van der Waals surface area contributed by atoms with E-state index in [1.165, 1.54) is 6.92 Å². The highest BCUT2D eigenvalue weighted by Crippen LogP contribution is 2.20. The van der Waals surface area contributed by atoms with E-state index >= 15 is 0 Å². The quantitative estimate of drug-likeness (QED) is 0.725. The molecular weight excluding hydrogens is 330 g/mol. The van der Waals surface area contributed by atoms with Gasteiger partial charge in [0.25, 0.3) is 11.8 Å². The molecule has 0 aliphatic rings. The molecule has 2 aromatic rings. The summed E-state index contributed by atoms with van der Waals surface area (Å²) in [6.07, 6.45) is 5.15. The second kappa shape index (κ2) is 8.49. The van der Waals surface area contributed by atoms with Gasteiger partial charge in [-0.25, -0.2) is 0 Å². The third-order valence-corrected chi connectivity index (χ3v) is 3.58. The first-order valence-electron chi connectivity index (χ1n) is 7.92. The Hall–Kier alpha value is -3.59. The number of terminal acetylenes is 1. The molecule has 3 amide bonds. The summed E-state index contributed by atoms with van der Waals surface area (Å²) < 4.78 is 0. The van der Waals surface area contributed by atoms with Gasteiger partial charge in [0.2, 0.25) is 5.91 Å². The monoisotopic (exact) mass is 349 g/mol. The molecule has 2 rings (SSSR count). The van der Waals surface area contributed by atoms with Crippen LogP contribution in [-0.2, 0) is 4.79 Å². The number of para-hydroxylation sites is 1. The molecule has 0 bridgehead atoms. The molecule has 0 saturated heterocycles. The highest BCUT2D eigenvalue weighted by molar-refractivity contribution is 6.09. The minimum absolute atomic E-state index is 0.0964. The van der Waals surface area contributed by atoms with Crippen molar-refractivity contribution in [2.45, 2.75) is 13.8 Å². The molecular formula is C20H19N3O3. The van der Waals surface area contributed by atoms with Gasteiger partial charge in [0.05, 0.1) is 17.8 Å². The van der Waals surface area contributed by atoms with Gasteiger partial charge in [0.15, 0.2) is 0 Å². The number of hydrogen-bond acceptors (Lipinski definition) is 3. The summed E-state index contributed by atoms with van der Waals surface area (Å²) in [6.45, 7) is 3.33. The van der Waals surface area contributed by atoms with Gasteiger partial charge in [0, 0.05) is 18.2 Å². The fourth-order valence-electron chi connectivity index (χ4n) is 2.30. The van der Waals surface area contributed by atoms with Crippen molar-refractivity contribution in [2.24, 2.45) is 0 Å². The summed E-state index contributed by atoms with van der Waals surface area (Å²) in [7, 11) is 0. The standard InChI is InChI=1S/C20H19N3O3/c1-4-11-21-20(26)16-7-5-6-8-17(16)23-19(25)15-10-9-13(2)18(12-15)22-14(3)24/h1,5-10,12H,11H2,2-3H3,(H,21,26)(H,22,24)(H,23,25). The number of rotatable bonds is 5. The molecule has 0 aromatic heterocycles. The summed E-state index contributed by atoms with van der Waals surface area (Å²) in [5.74, 6) is 1.34. The van der Waals surface area contributed by atoms with Crippen molar-refractivity contribution in [3.05, 3.63) is 59.2 Å². The Morgan fingerprint density at radius 2 is 1.73 bits per heavy atom. The highest BCUT2D eigenvalue weighted by Gasteiger charge is 2.14. The second-order valence-corrected chi connectivity index (χ2v) is 5.60. The SMILES string of the molecule is C#CCNC(=O)c1ccccc1NC(=O)c1ccc(C)c(NC(C)=O)c1. The molecule has 6 heteroatoms. The number of benzene rings is 2. The van der Waals surface area contributed by atoms with Crippen molar-refractivity contribution in [1.82, 2.24) is 5.32 Å². The van der Waals surface area contributed by atoms with E-state index in [2.05, 4.69) is 21.9 Å². The van der Waals surface area contributed by atoms with Crippen LogP contribution >= 0.6 is 0 Å². The lowest BCUT2D eigenvalue weighted by atomic mass is 10.1. The fourth-order valence-corrected chi connectivity index (χ4v) is 2.30. The number of anilines is 2. The molecule has 0 saturated carbocycles. The van der Waals surface area contributed by atoms with Gasteiger partial charge >= 0.3 is 0 Å². The molecule has 2 aromatic carbocycles. The van der Waals surface area contributed by atoms with Crippen LogP contribution in [0.2, 0.25) is 0 Å². The fraction of sp³-hybridized carbons (Fsp3) is 0.150. The van der Waals surface area contributed by atoms with E-state index in [0.29, 0.717) is 22.5 Å². The Kier molecular flexibility index (Phi) is 6.12. The van der Waals surface area contributed by atoms with Crippen molar-refractivity contribution in [3.8, 4) is 12.3 Å². The van der Waals surface area contributed by atoms with Gasteiger partial charge in [-0.3, -0.25) is 14.4 Å². The van der Waals surface area contributed by atoms with Crippen LogP contribution in [0.25, 0.3) is 0 Å². The molecule has 0 unspecified atom stereocenters. The van der Waals surface area contributed by atoms with Crippen molar-refractivity contribution in [1.29, 1.82) is 0 Å². The zero-order chi connectivity index (χ0) is 19.1. The summed E-state index contributed by atoms with van der Waals surface area (Å²) in [6, 6.07) is 11.6. The van der Waals surface area contributed by atoms with E-state index in [-0.39, 0.29) is 18.4 Å². The first-order chi connectivity index (χ1) is 12.4. The van der Waals surface area contributed by atoms with Crippen LogP contribution in [0.5, 0.6) is 0 Å². The average molecular weight is 349 g/mol. The maximum atomic E-state index is 12.6. The van der Waals surface area contributed by atoms with Crippen molar-refractivity contribution in [2.75, 3.05) is 17.2 Å². The maximum Gasteiger partial charge on any atom is 0.255 e. The van der Waals surface area contributed by atoms with Gasteiger partial charge in [-0.05, 0) is 36.8 Å². The van der Waals surface area contributed by atoms with Crippen molar-refractivity contribution < 1.29 is 14.4 Å². The van der Waals surface area contributed by atoms with Gasteiger partial charge in [-0.1, -0.05) is 24.1 Å². The first-order valence-corrected chi connectivity index (χ1v) is 7.92. The molecule has 26 heavy (non-hydrogen) atoms. The topological polar surface area (TPSA) is 87.3 Å². The normalized spacial score (nSPS) is 9.73. The predicted molar refractivity (Wildman–Crippen MR) is 101 cm³/mol. The Morgan fingerprint density at radius 1 is 1.00 bits per heavy atom. The second-order valence-electron chi connectivity index (χ2n) is 5.60. The first kappa shape index (κ1) is 18.7. The minimum atomic E-state index is -0.395. The lowest BCUT2D eigenvalue weighted by molar-refractivity contribution is -0.114. The van der Waals surface area contributed by atoms with Crippen molar-refractivity contribution in [3.63, 3.8) is 0 Å². The van der Waals surface area contributed by atoms with Crippen LogP contribution in [0.1, 0.15) is 33.2 Å². The number of nitrogens with one attached hydrogen (secondary N) is 3. The van der Waals surface area contributed by atoms with Crippen LogP contribution in [0, 0.1) is 19.3 Å². The number of amides is 3. The molecule has 0 aliphatic heterocycles. The molecule has 0 atom stereocenters. The Bertz CT molecular complexity index is 897. The number of hydrogen-bond donors (Lipinski definition) is 3. The molecule has 132 valence electrons. The van der Waals surface area contributed by atoms with Gasteiger partial charge in [0.1, 0.15) is 0 Å². The lowest BCUT2D eigenvalue weighted by Crippen LogP contribution is -2.25. The molecule has 0 heterocycles. The number of carbonyl (C=O) groups is 3. The van der Waals surface area contributed by atoms with E-state index in [0.717, 1.165) is 5.56 Å². The van der Waals surface area contributed by atoms with Crippen LogP contribution in [0.15, 0.2) is 42.5 Å². The Balaban J connectivity index is 2.24. The Morgan fingerprint density at radius 3 is 2.42 bits per heavy atom. The smallest absolute Gasteiger partial charge is 0.255 e. The molecule has 0 aliphatic carbocycles. The number of carbonyl (C=O) groups excluding carboxylic acids is 3. The van der Waals surface area contributed by atoms with E-state index in [4.69, 9.17) is 6.42 Å². The summed E-state index contributed by atoms with van der Waals surface area (Å²) in [5, 5.41) is 7.97. The zero-order valence-electron chi connectivity index (χ0n) is 14.6. The summed E-state index contributed by atoms with van der Waals surface area (Å²) in [5.41, 5.74) is 2.44. The molecule has 0 spiro atoms. The predicted octanol–water partition coefficient (Wildman–Crippen LogP) is 2.57. The Labute approximate surface area is 152 Å². The molecule has 3 N–H and O–H groups in total. The zero-order valence-corrected chi connectivity index (χ0v) is 14.6. The van der Waals surface area contributed by atoms with Gasteiger partial charge in [-0.15, -0.1) is 6.42 Å². The van der Waals surface area contributed by atoms with E-state index in [9.17, 15) is 14.4 Å². The molecule has 0 radical (unpaired) electrons. The molecule has 6 nitrogen and oxygen atoms in total. The average Bonchev–Trinajstić information content (AvgIpc) is 2.61. The van der Waals surface area contributed by atoms with Crippen LogP contribution < -0.4 is 16.0 Å². The minimum Gasteiger partial charge on any atom is -0.341 e. The largest absolute Gasteiger partial charge is 0.341 e. The van der Waals surface area contributed by atoms with E-state index < -0.39 is 5.91 Å². The van der Waals surface area contributed by atoms with Gasteiger partial charge < -0.3 is 16.0 Å². The third kappa shape index (κ3) is 4.71. The van der Waals surface area contributed by atoms with E-state index in [1.54, 1.807) is 42.5 Å². The maximum absolute atomic E-state index is 12.6. The lowest BCUT2D eigenvalue weighted by Gasteiger charge is -2.12. The summed E-state index contributed by atoms with van der Waals surface area (Å²) in [4.78, 5) is 36.0. The summed E-state index contributed by atoms with van der Waals surface area (Å²) >= 11 is 0. The van der Waals surface area contributed by atoms with Crippen LogP contribution in [0.3, 0.4) is 0 Å². The van der Waals surface area contributed by atoms with E-state index in [1.807, 2.05) is 6.92 Å². The highest BCUT2D eigenvalue weighted by atomic mass is 16.2. The van der Waals surface area contributed by atoms with Gasteiger partial charge in [-0.2, -0.15) is 0 Å². The van der Waals surface area contributed by atoms with Crippen molar-refractivity contribution >= 4 is 29.1 Å².